The van der Waals surface area contributed by atoms with E-state index < -0.39 is 16.6 Å². The largest absolute Gasteiger partial charge is 0.407 e. The molecule has 0 bridgehead atoms. The molecule has 0 unspecified atom stereocenters. The van der Waals surface area contributed by atoms with Gasteiger partial charge in [-0.05, 0) is 37.2 Å². The second-order valence-corrected chi connectivity index (χ2v) is 22.2. The Morgan fingerprint density at radius 1 is 0.535 bits per heavy atom. The van der Waals surface area contributed by atoms with E-state index in [0.717, 1.165) is 12.7 Å². The molecule has 0 aliphatic carbocycles. The van der Waals surface area contributed by atoms with E-state index in [1.807, 2.05) is 0 Å². The Hall–Kier alpha value is -3.10. The van der Waals surface area contributed by atoms with Crippen molar-refractivity contribution in [1.29, 1.82) is 0 Å². The molecule has 3 nitrogen and oxygen atoms in total. The molecular formula is C38H48O3Si2. The van der Waals surface area contributed by atoms with Gasteiger partial charge in [-0.1, -0.05) is 163 Å². The van der Waals surface area contributed by atoms with Crippen molar-refractivity contribution in [3.8, 4) is 0 Å². The van der Waals surface area contributed by atoms with E-state index in [9.17, 15) is 4.79 Å². The Morgan fingerprint density at radius 2 is 0.814 bits per heavy atom. The van der Waals surface area contributed by atoms with E-state index >= 15 is 0 Å². The molecule has 0 amide bonds. The van der Waals surface area contributed by atoms with Gasteiger partial charge in [0, 0.05) is 25.6 Å². The standard InChI is InChI=1S/C38H48O3Si2/c1-37(2,3)42(33-21-11-7-12-22-33,34-23-13-8-14-24-34)40-30-32(20-19-29-39)31-41-43(38(4,5)6,35-25-15-9-16-26-35)36-27-17-10-18-28-36/h7-18,21-29,32H,19-20,30-31H2,1-6H3. The van der Waals surface area contributed by atoms with Crippen molar-refractivity contribution in [2.24, 2.45) is 5.92 Å². The molecule has 0 radical (unpaired) electrons. The summed E-state index contributed by atoms with van der Waals surface area (Å²) in [4.78, 5) is 11.7. The van der Waals surface area contributed by atoms with Crippen LogP contribution in [0.15, 0.2) is 121 Å². The molecule has 4 aromatic carbocycles. The molecule has 0 saturated heterocycles. The third-order valence-corrected chi connectivity index (χ3v) is 18.6. The summed E-state index contributed by atoms with van der Waals surface area (Å²) < 4.78 is 14.7. The van der Waals surface area contributed by atoms with Gasteiger partial charge in [0.1, 0.15) is 6.29 Å². The molecule has 0 aliphatic rings. The van der Waals surface area contributed by atoms with E-state index in [2.05, 4.69) is 163 Å². The van der Waals surface area contributed by atoms with Crippen molar-refractivity contribution in [1.82, 2.24) is 0 Å². The zero-order chi connectivity index (χ0) is 31.0. The van der Waals surface area contributed by atoms with Crippen LogP contribution in [-0.4, -0.2) is 36.1 Å². The molecule has 0 N–H and O–H groups in total. The van der Waals surface area contributed by atoms with E-state index in [1.54, 1.807) is 0 Å². The van der Waals surface area contributed by atoms with Gasteiger partial charge in [0.15, 0.2) is 0 Å². The summed E-state index contributed by atoms with van der Waals surface area (Å²) in [5, 5.41) is 4.80. The molecule has 4 aromatic rings. The molecule has 0 aromatic heterocycles. The lowest BCUT2D eigenvalue weighted by molar-refractivity contribution is -0.108. The SMILES string of the molecule is CC(C)(C)[Si](OCC(CCC=O)CO[Si](c1ccccc1)(c1ccccc1)C(C)(C)C)(c1ccccc1)c1ccccc1. The van der Waals surface area contributed by atoms with Gasteiger partial charge in [0.05, 0.1) is 0 Å². The Morgan fingerprint density at radius 3 is 1.05 bits per heavy atom. The van der Waals surface area contributed by atoms with Gasteiger partial charge in [-0.25, -0.2) is 0 Å². The fourth-order valence-electron chi connectivity index (χ4n) is 6.53. The maximum Gasteiger partial charge on any atom is 0.261 e. The number of benzene rings is 4. The summed E-state index contributed by atoms with van der Waals surface area (Å²) in [6.07, 6.45) is 2.23. The first-order chi connectivity index (χ1) is 20.6. The zero-order valence-electron chi connectivity index (χ0n) is 26.8. The van der Waals surface area contributed by atoms with Gasteiger partial charge in [0.2, 0.25) is 0 Å². The van der Waals surface area contributed by atoms with Crippen LogP contribution in [-0.2, 0) is 13.6 Å². The minimum atomic E-state index is -2.72. The van der Waals surface area contributed by atoms with E-state index in [4.69, 9.17) is 8.85 Å². The maximum absolute atomic E-state index is 11.7. The van der Waals surface area contributed by atoms with E-state index in [-0.39, 0.29) is 16.0 Å². The number of rotatable bonds is 13. The first kappa shape index (κ1) is 32.8. The average Bonchev–Trinajstić information content (AvgIpc) is 3.01. The highest BCUT2D eigenvalue weighted by molar-refractivity contribution is 7.00. The number of carbonyl (C=O) groups is 1. The molecular weight excluding hydrogens is 561 g/mol. The highest BCUT2D eigenvalue weighted by Gasteiger charge is 2.52. The third-order valence-electron chi connectivity index (χ3n) is 8.60. The normalized spacial score (nSPS) is 12.8. The van der Waals surface area contributed by atoms with Crippen LogP contribution in [0.2, 0.25) is 10.1 Å². The van der Waals surface area contributed by atoms with Crippen LogP contribution in [0.1, 0.15) is 54.4 Å². The van der Waals surface area contributed by atoms with Crippen LogP contribution < -0.4 is 20.7 Å². The van der Waals surface area contributed by atoms with E-state index in [0.29, 0.717) is 19.6 Å². The van der Waals surface area contributed by atoms with Crippen molar-refractivity contribution in [2.45, 2.75) is 64.5 Å². The first-order valence-corrected chi connectivity index (χ1v) is 19.3. The molecule has 0 atom stereocenters. The molecule has 226 valence electrons. The van der Waals surface area contributed by atoms with Crippen LogP contribution in [0, 0.1) is 5.92 Å². The van der Waals surface area contributed by atoms with E-state index in [1.165, 1.54) is 20.7 Å². The minimum Gasteiger partial charge on any atom is -0.407 e. The van der Waals surface area contributed by atoms with Crippen LogP contribution in [0.5, 0.6) is 0 Å². The Kier molecular flexibility index (Phi) is 10.8. The van der Waals surface area contributed by atoms with Crippen molar-refractivity contribution in [3.05, 3.63) is 121 Å². The van der Waals surface area contributed by atoms with Crippen molar-refractivity contribution < 1.29 is 13.6 Å². The number of hydrogen-bond acceptors (Lipinski definition) is 3. The predicted octanol–water partition coefficient (Wildman–Crippen LogP) is 6.73. The molecule has 0 heterocycles. The summed E-state index contributed by atoms with van der Waals surface area (Å²) in [6, 6.07) is 43.0. The lowest BCUT2D eigenvalue weighted by Crippen LogP contribution is -2.67. The number of carbonyl (C=O) groups excluding carboxylic acids is 1. The lowest BCUT2D eigenvalue weighted by atomic mass is 10.1. The second kappa shape index (κ2) is 14.1. The molecule has 43 heavy (non-hydrogen) atoms. The van der Waals surface area contributed by atoms with Gasteiger partial charge < -0.3 is 13.6 Å². The van der Waals surface area contributed by atoms with Gasteiger partial charge in [0.25, 0.3) is 16.6 Å². The Bertz CT molecular complexity index is 1210. The van der Waals surface area contributed by atoms with Crippen LogP contribution in [0.25, 0.3) is 0 Å². The second-order valence-electron chi connectivity index (χ2n) is 13.6. The molecule has 0 spiro atoms. The molecule has 0 saturated carbocycles. The summed E-state index contributed by atoms with van der Waals surface area (Å²) >= 11 is 0. The third kappa shape index (κ3) is 7.02. The summed E-state index contributed by atoms with van der Waals surface area (Å²) in [5.74, 6) is 0.0634. The zero-order valence-corrected chi connectivity index (χ0v) is 28.8. The van der Waals surface area contributed by atoms with Crippen molar-refractivity contribution in [2.75, 3.05) is 13.2 Å². The van der Waals surface area contributed by atoms with Crippen LogP contribution in [0.3, 0.4) is 0 Å². The summed E-state index contributed by atoms with van der Waals surface area (Å²) in [5.41, 5.74) is 0. The summed E-state index contributed by atoms with van der Waals surface area (Å²) in [6.45, 7) is 14.9. The first-order valence-electron chi connectivity index (χ1n) is 15.5. The van der Waals surface area contributed by atoms with Gasteiger partial charge in [-0.2, -0.15) is 0 Å². The smallest absolute Gasteiger partial charge is 0.261 e. The highest BCUT2D eigenvalue weighted by Crippen LogP contribution is 2.39. The maximum atomic E-state index is 11.7. The quantitative estimate of drug-likeness (QED) is 0.125. The number of aldehydes is 1. The topological polar surface area (TPSA) is 35.5 Å². The minimum absolute atomic E-state index is 0.0634. The molecule has 4 rings (SSSR count). The highest BCUT2D eigenvalue weighted by atomic mass is 28.4. The summed E-state index contributed by atoms with van der Waals surface area (Å²) in [7, 11) is -5.45. The number of hydrogen-bond donors (Lipinski definition) is 0. The van der Waals surface area contributed by atoms with Crippen LogP contribution in [0.4, 0.5) is 0 Å². The molecule has 0 aliphatic heterocycles. The molecule has 5 heteroatoms. The fourth-order valence-corrected chi connectivity index (χ4v) is 15.8. The van der Waals surface area contributed by atoms with Crippen molar-refractivity contribution >= 4 is 43.7 Å². The Labute approximate surface area is 261 Å². The fraction of sp³-hybridized carbons (Fsp3) is 0.342. The van der Waals surface area contributed by atoms with Crippen molar-refractivity contribution in [3.63, 3.8) is 0 Å². The van der Waals surface area contributed by atoms with Gasteiger partial charge in [-0.3, -0.25) is 0 Å². The lowest BCUT2D eigenvalue weighted by Gasteiger charge is -2.45. The predicted molar refractivity (Wildman–Crippen MR) is 186 cm³/mol. The van der Waals surface area contributed by atoms with Crippen LogP contribution >= 0.6 is 0 Å². The van der Waals surface area contributed by atoms with Gasteiger partial charge in [-0.15, -0.1) is 0 Å². The monoisotopic (exact) mass is 608 g/mol. The van der Waals surface area contributed by atoms with Gasteiger partial charge >= 0.3 is 0 Å². The Balaban J connectivity index is 1.74. The molecule has 0 fully saturated rings. The average molecular weight is 609 g/mol.